The van der Waals surface area contributed by atoms with Crippen LogP contribution in [0.25, 0.3) is 0 Å². The first-order valence-electron chi connectivity index (χ1n) is 6.15. The van der Waals surface area contributed by atoms with Crippen molar-refractivity contribution in [1.82, 2.24) is 5.32 Å². The van der Waals surface area contributed by atoms with E-state index >= 15 is 0 Å². The van der Waals surface area contributed by atoms with Gasteiger partial charge in [0.05, 0.1) is 11.7 Å². The number of amides is 1. The van der Waals surface area contributed by atoms with Gasteiger partial charge in [0.15, 0.2) is 0 Å². The van der Waals surface area contributed by atoms with E-state index < -0.39 is 0 Å². The summed E-state index contributed by atoms with van der Waals surface area (Å²) < 4.78 is 6.29. The van der Waals surface area contributed by atoms with Crippen LogP contribution in [0.1, 0.15) is 30.6 Å². The van der Waals surface area contributed by atoms with Crippen molar-refractivity contribution in [2.45, 2.75) is 32.4 Å². The van der Waals surface area contributed by atoms with Gasteiger partial charge < -0.3 is 10.1 Å². The maximum atomic E-state index is 12.3. The third-order valence-corrected chi connectivity index (χ3v) is 5.12. The van der Waals surface area contributed by atoms with E-state index in [1.807, 2.05) is 6.07 Å². The van der Waals surface area contributed by atoms with Crippen LogP contribution in [0.4, 0.5) is 0 Å². The monoisotopic (exact) mass is 393 g/mol. The molecule has 1 aromatic rings. The minimum Gasteiger partial charge on any atom is -0.381 e. The van der Waals surface area contributed by atoms with Gasteiger partial charge in [0, 0.05) is 27.2 Å². The zero-order valence-electron chi connectivity index (χ0n) is 11.2. The molecular formula is C14H17ClINO2. The molecule has 0 radical (unpaired) electrons. The van der Waals surface area contributed by atoms with Crippen LogP contribution in [0.15, 0.2) is 18.2 Å². The first kappa shape index (κ1) is 15.1. The van der Waals surface area contributed by atoms with E-state index in [4.69, 9.17) is 16.3 Å². The summed E-state index contributed by atoms with van der Waals surface area (Å²) in [5.74, 6) is -0.0699. The van der Waals surface area contributed by atoms with E-state index in [2.05, 4.69) is 41.8 Å². The normalized spacial score (nSPS) is 24.7. The summed E-state index contributed by atoms with van der Waals surface area (Å²) in [7, 11) is 1.71. The molecule has 1 aliphatic rings. The Balaban J connectivity index is 2.09. The number of hydrogen-bond acceptors (Lipinski definition) is 2. The maximum absolute atomic E-state index is 12.3. The van der Waals surface area contributed by atoms with Crippen LogP contribution in [0, 0.1) is 8.99 Å². The van der Waals surface area contributed by atoms with Crippen molar-refractivity contribution in [3.8, 4) is 0 Å². The second-order valence-corrected chi connectivity index (χ2v) is 7.03. The van der Waals surface area contributed by atoms with Crippen molar-refractivity contribution < 1.29 is 9.53 Å². The van der Waals surface area contributed by atoms with Gasteiger partial charge in [-0.15, -0.1) is 0 Å². The summed E-state index contributed by atoms with van der Waals surface area (Å²) in [6.45, 7) is 4.22. The molecule has 1 fully saturated rings. The second kappa shape index (κ2) is 5.58. The third kappa shape index (κ3) is 2.90. The molecule has 104 valence electrons. The van der Waals surface area contributed by atoms with E-state index in [0.717, 1.165) is 9.99 Å². The first-order chi connectivity index (χ1) is 8.86. The number of ether oxygens (including phenoxy) is 1. The Morgan fingerprint density at radius 1 is 1.53 bits per heavy atom. The Bertz CT molecular complexity index is 504. The summed E-state index contributed by atoms with van der Waals surface area (Å²) in [5.41, 5.74) is 0.596. The lowest BCUT2D eigenvalue weighted by Crippen LogP contribution is -2.61. The standard InChI is InChI=1S/C14H17ClINO2/c1-14(2)11(7-12(14)19-3)17-13(18)9-6-8(15)4-5-10(9)16/h4-6,11-12H,7H2,1-3H3,(H,17,18). The predicted molar refractivity (Wildman–Crippen MR) is 84.6 cm³/mol. The Morgan fingerprint density at radius 3 is 2.79 bits per heavy atom. The lowest BCUT2D eigenvalue weighted by molar-refractivity contribution is -0.0942. The first-order valence-corrected chi connectivity index (χ1v) is 7.60. The van der Waals surface area contributed by atoms with E-state index in [1.54, 1.807) is 19.2 Å². The number of halogens is 2. The highest BCUT2D eigenvalue weighted by atomic mass is 127. The molecule has 1 aromatic carbocycles. The molecule has 1 amide bonds. The van der Waals surface area contributed by atoms with Gasteiger partial charge in [0.2, 0.25) is 0 Å². The molecule has 1 saturated carbocycles. The average molecular weight is 394 g/mol. The van der Waals surface area contributed by atoms with E-state index in [0.29, 0.717) is 10.6 Å². The summed E-state index contributed by atoms with van der Waals surface area (Å²) in [4.78, 5) is 12.3. The van der Waals surface area contributed by atoms with Crippen LogP contribution in [0.5, 0.6) is 0 Å². The quantitative estimate of drug-likeness (QED) is 0.799. The van der Waals surface area contributed by atoms with Crippen molar-refractivity contribution >= 4 is 40.1 Å². The molecule has 0 spiro atoms. The fraction of sp³-hybridized carbons (Fsp3) is 0.500. The highest BCUT2D eigenvalue weighted by Crippen LogP contribution is 2.42. The molecule has 0 aromatic heterocycles. The zero-order chi connectivity index (χ0) is 14.2. The van der Waals surface area contributed by atoms with Gasteiger partial charge in [-0.3, -0.25) is 4.79 Å². The molecule has 5 heteroatoms. The number of carbonyl (C=O) groups excluding carboxylic acids is 1. The maximum Gasteiger partial charge on any atom is 0.252 e. The topological polar surface area (TPSA) is 38.3 Å². The van der Waals surface area contributed by atoms with E-state index in [9.17, 15) is 4.79 Å². The van der Waals surface area contributed by atoms with Gasteiger partial charge in [-0.1, -0.05) is 25.4 Å². The van der Waals surface area contributed by atoms with Gasteiger partial charge in [-0.2, -0.15) is 0 Å². The number of carbonyl (C=O) groups is 1. The van der Waals surface area contributed by atoms with Crippen molar-refractivity contribution in [2.24, 2.45) is 5.41 Å². The second-order valence-electron chi connectivity index (χ2n) is 5.43. The molecule has 3 nitrogen and oxygen atoms in total. The molecule has 0 aliphatic heterocycles. The van der Waals surface area contributed by atoms with Crippen LogP contribution in [-0.2, 0) is 4.74 Å². The van der Waals surface area contributed by atoms with Gasteiger partial charge >= 0.3 is 0 Å². The highest BCUT2D eigenvalue weighted by Gasteiger charge is 2.49. The lowest BCUT2D eigenvalue weighted by Gasteiger charge is -2.51. The van der Waals surface area contributed by atoms with Crippen LogP contribution in [-0.4, -0.2) is 25.2 Å². The SMILES string of the molecule is COC1CC(NC(=O)c2cc(Cl)ccc2I)C1(C)C. The zero-order valence-corrected chi connectivity index (χ0v) is 14.1. The van der Waals surface area contributed by atoms with Crippen molar-refractivity contribution in [2.75, 3.05) is 7.11 Å². The molecular weight excluding hydrogens is 377 g/mol. The Kier molecular flexibility index (Phi) is 4.42. The number of hydrogen-bond donors (Lipinski definition) is 1. The Labute approximate surface area is 132 Å². The molecule has 2 rings (SSSR count). The molecule has 0 bridgehead atoms. The van der Waals surface area contributed by atoms with Gasteiger partial charge in [-0.05, 0) is 47.2 Å². The summed E-state index contributed by atoms with van der Waals surface area (Å²) in [6.07, 6.45) is 1.06. The average Bonchev–Trinajstić information content (AvgIpc) is 2.36. The molecule has 0 saturated heterocycles. The van der Waals surface area contributed by atoms with E-state index in [1.165, 1.54) is 0 Å². The van der Waals surface area contributed by atoms with Crippen LogP contribution < -0.4 is 5.32 Å². The fourth-order valence-electron chi connectivity index (χ4n) is 2.44. The van der Waals surface area contributed by atoms with Crippen molar-refractivity contribution in [3.05, 3.63) is 32.4 Å². The molecule has 0 heterocycles. The minimum atomic E-state index is -0.0699. The molecule has 2 unspecified atom stereocenters. The van der Waals surface area contributed by atoms with Crippen LogP contribution in [0.3, 0.4) is 0 Å². The lowest BCUT2D eigenvalue weighted by atomic mass is 9.64. The van der Waals surface area contributed by atoms with Crippen LogP contribution >= 0.6 is 34.2 Å². The van der Waals surface area contributed by atoms with Crippen molar-refractivity contribution in [1.29, 1.82) is 0 Å². The van der Waals surface area contributed by atoms with Gasteiger partial charge in [0.25, 0.3) is 5.91 Å². The number of methoxy groups -OCH3 is 1. The summed E-state index contributed by atoms with van der Waals surface area (Å²) in [6, 6.07) is 5.48. The smallest absolute Gasteiger partial charge is 0.252 e. The number of benzene rings is 1. The summed E-state index contributed by atoms with van der Waals surface area (Å²) in [5, 5.41) is 3.65. The fourth-order valence-corrected chi connectivity index (χ4v) is 3.19. The highest BCUT2D eigenvalue weighted by molar-refractivity contribution is 14.1. The van der Waals surface area contributed by atoms with Crippen LogP contribution in [0.2, 0.25) is 5.02 Å². The Hall–Kier alpha value is -0.330. The molecule has 1 aliphatic carbocycles. The van der Waals surface area contributed by atoms with Gasteiger partial charge in [-0.25, -0.2) is 0 Å². The van der Waals surface area contributed by atoms with E-state index in [-0.39, 0.29) is 23.5 Å². The molecule has 2 atom stereocenters. The van der Waals surface area contributed by atoms with Crippen molar-refractivity contribution in [3.63, 3.8) is 0 Å². The predicted octanol–water partition coefficient (Wildman–Crippen LogP) is 3.49. The van der Waals surface area contributed by atoms with Gasteiger partial charge in [0.1, 0.15) is 0 Å². The minimum absolute atomic E-state index is 0.0333. The number of rotatable bonds is 3. The molecule has 19 heavy (non-hydrogen) atoms. The number of nitrogens with one attached hydrogen (secondary N) is 1. The largest absolute Gasteiger partial charge is 0.381 e. The third-order valence-electron chi connectivity index (χ3n) is 3.94. The molecule has 1 N–H and O–H groups in total. The Morgan fingerprint density at radius 2 is 2.21 bits per heavy atom. The summed E-state index contributed by atoms with van der Waals surface area (Å²) >= 11 is 8.09.